The highest BCUT2D eigenvalue weighted by molar-refractivity contribution is 9.39. The summed E-state index contributed by atoms with van der Waals surface area (Å²) >= 11 is 32.3. The Morgan fingerprint density at radius 3 is 1.20 bits per heavy atom. The number of alkyl halides is 6. The van der Waals surface area contributed by atoms with Gasteiger partial charge in [0.1, 0.15) is 11.5 Å². The SMILES string of the molecule is S=P(Cl)(Oc1ccc(C(Br)(Br)Br)cc1)Oc1ccc(C(Br)(Br)Br)cc1. The average molecular weight is 786 g/mol. The summed E-state index contributed by atoms with van der Waals surface area (Å²) in [6, 6.07) is 14.6. The molecule has 0 amide bonds. The first-order valence-electron chi connectivity index (χ1n) is 6.40. The maximum absolute atomic E-state index is 6.29. The fourth-order valence-electron chi connectivity index (χ4n) is 1.68. The average Bonchev–Trinajstić information content (AvgIpc) is 2.45. The van der Waals surface area contributed by atoms with E-state index in [9.17, 15) is 0 Å². The van der Waals surface area contributed by atoms with E-state index in [1.54, 1.807) is 24.3 Å². The molecule has 0 atom stereocenters. The summed E-state index contributed by atoms with van der Waals surface area (Å²) in [7, 11) is 0. The van der Waals surface area contributed by atoms with Gasteiger partial charge < -0.3 is 9.05 Å². The molecular weight excluding hydrogens is 778 g/mol. The molecule has 0 unspecified atom stereocenters. The Balaban J connectivity index is 2.08. The molecule has 136 valence electrons. The lowest BCUT2D eigenvalue weighted by atomic mass is 10.2. The van der Waals surface area contributed by atoms with Crippen LogP contribution in [0.2, 0.25) is 0 Å². The molecule has 2 nitrogen and oxygen atoms in total. The van der Waals surface area contributed by atoms with Crippen LogP contribution in [0.3, 0.4) is 0 Å². The van der Waals surface area contributed by atoms with E-state index in [1.807, 2.05) is 24.3 Å². The normalized spacial score (nSPS) is 12.8. The van der Waals surface area contributed by atoms with Crippen LogP contribution in [0.5, 0.6) is 11.5 Å². The summed E-state index contributed by atoms with van der Waals surface area (Å²) < 4.78 is 10.4. The zero-order chi connectivity index (χ0) is 18.9. The summed E-state index contributed by atoms with van der Waals surface area (Å²) in [5.74, 6) is -1.94. The Labute approximate surface area is 206 Å². The smallest absolute Gasteiger partial charge is 0.384 e. The van der Waals surface area contributed by atoms with E-state index in [1.165, 1.54) is 0 Å². The Morgan fingerprint density at radius 1 is 0.680 bits per heavy atom. The van der Waals surface area contributed by atoms with Crippen molar-refractivity contribution in [2.75, 3.05) is 0 Å². The number of rotatable bonds is 4. The Morgan fingerprint density at radius 2 is 0.960 bits per heavy atom. The largest absolute Gasteiger partial charge is 0.425 e. The van der Waals surface area contributed by atoms with Crippen LogP contribution >= 0.6 is 113 Å². The van der Waals surface area contributed by atoms with Gasteiger partial charge in [-0.05, 0) is 46.6 Å². The van der Waals surface area contributed by atoms with Gasteiger partial charge in [0.15, 0.2) is 4.29 Å². The van der Waals surface area contributed by atoms with E-state index in [-0.39, 0.29) is 0 Å². The third-order valence-corrected chi connectivity index (χ3v) is 7.26. The molecule has 25 heavy (non-hydrogen) atoms. The molecule has 2 aromatic rings. The molecule has 0 fully saturated rings. The van der Waals surface area contributed by atoms with Crippen LogP contribution < -0.4 is 9.05 Å². The molecule has 0 radical (unpaired) electrons. The van der Waals surface area contributed by atoms with Crippen LogP contribution in [-0.2, 0) is 16.1 Å². The Kier molecular flexibility index (Phi) is 8.44. The van der Waals surface area contributed by atoms with Crippen LogP contribution in [-0.4, -0.2) is 0 Å². The molecule has 11 heteroatoms. The van der Waals surface area contributed by atoms with Crippen LogP contribution in [0.25, 0.3) is 0 Å². The third kappa shape index (κ3) is 7.65. The summed E-state index contributed by atoms with van der Waals surface area (Å²) in [6.07, 6.45) is 0. The lowest BCUT2D eigenvalue weighted by Crippen LogP contribution is -1.99. The van der Waals surface area contributed by atoms with Gasteiger partial charge in [0.2, 0.25) is 0 Å². The van der Waals surface area contributed by atoms with Gasteiger partial charge in [0, 0.05) is 11.8 Å². The monoisotopic (exact) mass is 779 g/mol. The molecule has 0 aliphatic heterocycles. The second-order valence-corrected chi connectivity index (χ2v) is 22.8. The van der Waals surface area contributed by atoms with Crippen LogP contribution in [0, 0.1) is 0 Å². The number of hydrogen-bond donors (Lipinski definition) is 0. The van der Waals surface area contributed by atoms with Crippen LogP contribution in [0.15, 0.2) is 48.5 Å². The highest BCUT2D eigenvalue weighted by Gasteiger charge is 2.24. The van der Waals surface area contributed by atoms with Crippen molar-refractivity contribution in [2.45, 2.75) is 4.29 Å². The molecule has 0 heterocycles. The zero-order valence-electron chi connectivity index (χ0n) is 11.9. The summed E-state index contributed by atoms with van der Waals surface area (Å²) in [5.41, 5.74) is 1.92. The minimum Gasteiger partial charge on any atom is -0.425 e. The Bertz CT molecular complexity index is 710. The van der Waals surface area contributed by atoms with Crippen LogP contribution in [0.4, 0.5) is 0 Å². The first-order chi connectivity index (χ1) is 11.4. The summed E-state index contributed by atoms with van der Waals surface area (Å²) in [4.78, 5) is 0. The third-order valence-electron chi connectivity index (χ3n) is 2.79. The van der Waals surface area contributed by atoms with Crippen LogP contribution in [0.1, 0.15) is 11.1 Å². The molecule has 2 aromatic carbocycles. The van der Waals surface area contributed by atoms with Gasteiger partial charge in [0.05, 0.1) is 0 Å². The quantitative estimate of drug-likeness (QED) is 0.228. The highest BCUT2D eigenvalue weighted by atomic mass is 80.0. The van der Waals surface area contributed by atoms with Crippen molar-refractivity contribution in [3.05, 3.63) is 59.7 Å². The lowest BCUT2D eigenvalue weighted by Gasteiger charge is -2.19. The maximum atomic E-state index is 6.29. The topological polar surface area (TPSA) is 18.5 Å². The molecule has 0 aromatic heterocycles. The van der Waals surface area contributed by atoms with E-state index in [0.29, 0.717) is 11.5 Å². The molecule has 0 spiro atoms. The van der Waals surface area contributed by atoms with E-state index >= 15 is 0 Å². The van der Waals surface area contributed by atoms with Crippen molar-refractivity contribution in [1.29, 1.82) is 0 Å². The van der Waals surface area contributed by atoms with E-state index < -0.39 is 10.1 Å². The van der Waals surface area contributed by atoms with Gasteiger partial charge in [-0.15, -0.1) is 0 Å². The van der Waals surface area contributed by atoms with E-state index in [0.717, 1.165) is 11.1 Å². The predicted octanol–water partition coefficient (Wildman–Crippen LogP) is 9.20. The molecule has 0 aliphatic carbocycles. The fraction of sp³-hybridized carbons (Fsp3) is 0.143. The maximum Gasteiger partial charge on any atom is 0.384 e. The molecule has 0 N–H and O–H groups in total. The zero-order valence-corrected chi connectivity index (χ0v) is 23.9. The van der Waals surface area contributed by atoms with Crippen molar-refractivity contribution in [2.24, 2.45) is 0 Å². The van der Waals surface area contributed by atoms with Crippen molar-refractivity contribution < 1.29 is 9.05 Å². The second kappa shape index (κ2) is 9.12. The van der Waals surface area contributed by atoms with Gasteiger partial charge >= 0.3 is 5.84 Å². The Hall–Kier alpha value is 1.86. The van der Waals surface area contributed by atoms with Gasteiger partial charge in [-0.1, -0.05) is 120 Å². The van der Waals surface area contributed by atoms with Crippen molar-refractivity contribution in [3.8, 4) is 11.5 Å². The van der Waals surface area contributed by atoms with Gasteiger partial charge in [-0.2, -0.15) is 0 Å². The molecular formula is C14H8Br6ClO2PS. The van der Waals surface area contributed by atoms with Crippen molar-refractivity contribution in [3.63, 3.8) is 0 Å². The summed E-state index contributed by atoms with van der Waals surface area (Å²) in [6.45, 7) is 0. The first kappa shape index (κ1) is 23.1. The minimum absolute atomic E-state index is 0.486. The van der Waals surface area contributed by atoms with Gasteiger partial charge in [-0.3, -0.25) is 0 Å². The molecule has 0 saturated heterocycles. The van der Waals surface area contributed by atoms with E-state index in [4.69, 9.17) is 32.1 Å². The molecule has 0 saturated carbocycles. The second-order valence-electron chi connectivity index (χ2n) is 4.66. The van der Waals surface area contributed by atoms with Gasteiger partial charge in [0.25, 0.3) is 0 Å². The fourth-order valence-corrected chi connectivity index (χ4v) is 5.04. The number of halogens is 7. The summed E-state index contributed by atoms with van der Waals surface area (Å²) in [5, 5.41) is 0. The highest BCUT2D eigenvalue weighted by Crippen LogP contribution is 2.54. The van der Waals surface area contributed by atoms with Crippen molar-refractivity contribution in [1.82, 2.24) is 0 Å². The first-order valence-corrected chi connectivity index (χ1v) is 14.7. The molecule has 2 rings (SSSR count). The molecule has 0 bridgehead atoms. The number of benzene rings is 2. The number of hydrogen-bond acceptors (Lipinski definition) is 3. The van der Waals surface area contributed by atoms with E-state index in [2.05, 4.69) is 95.6 Å². The molecule has 0 aliphatic rings. The predicted molar refractivity (Wildman–Crippen MR) is 131 cm³/mol. The van der Waals surface area contributed by atoms with Gasteiger partial charge in [-0.25, -0.2) is 0 Å². The lowest BCUT2D eigenvalue weighted by molar-refractivity contribution is 0.505. The van der Waals surface area contributed by atoms with Crippen molar-refractivity contribution >= 4 is 124 Å². The minimum atomic E-state index is -3.01. The standard InChI is InChI=1S/C14H8Br6ClO2PS/c15-13(16,17)9-1-5-11(6-2-9)22-24(21,25)23-12-7-3-10(4-8-12)14(18,19)20/h1-8H.